The van der Waals surface area contributed by atoms with Crippen LogP contribution in [0.2, 0.25) is 0 Å². The molecule has 0 saturated carbocycles. The number of aromatic nitrogens is 4. The number of benzene rings is 1. The van der Waals surface area contributed by atoms with Gasteiger partial charge < -0.3 is 10.1 Å². The van der Waals surface area contributed by atoms with Gasteiger partial charge in [0.25, 0.3) is 0 Å². The lowest BCUT2D eigenvalue weighted by Gasteiger charge is -2.26. The summed E-state index contributed by atoms with van der Waals surface area (Å²) in [5.41, 5.74) is 3.71. The van der Waals surface area contributed by atoms with Crippen molar-refractivity contribution in [2.45, 2.75) is 6.42 Å². The van der Waals surface area contributed by atoms with Gasteiger partial charge in [-0.15, -0.1) is 10.2 Å². The number of nitrogens with zero attached hydrogens (tertiary/aromatic N) is 5. The van der Waals surface area contributed by atoms with E-state index in [4.69, 9.17) is 4.74 Å². The van der Waals surface area contributed by atoms with E-state index in [1.165, 1.54) is 0 Å². The molecule has 1 aliphatic heterocycles. The normalized spacial score (nSPS) is 15.5. The van der Waals surface area contributed by atoms with E-state index in [0.29, 0.717) is 0 Å². The van der Waals surface area contributed by atoms with E-state index in [9.17, 15) is 0 Å². The Morgan fingerprint density at radius 2 is 1.96 bits per heavy atom. The number of morpholine rings is 1. The van der Waals surface area contributed by atoms with Crippen molar-refractivity contribution in [3.8, 4) is 11.3 Å². The van der Waals surface area contributed by atoms with Gasteiger partial charge in [-0.1, -0.05) is 30.3 Å². The Kier molecular flexibility index (Phi) is 4.85. The molecule has 0 radical (unpaired) electrons. The van der Waals surface area contributed by atoms with Crippen molar-refractivity contribution in [2.75, 3.05) is 44.7 Å². The average Bonchev–Trinajstić information content (AvgIpc) is 3.15. The molecule has 0 amide bonds. The second-order valence-electron chi connectivity index (χ2n) is 6.14. The maximum atomic E-state index is 5.39. The molecule has 1 aromatic carbocycles. The zero-order valence-corrected chi connectivity index (χ0v) is 14.1. The van der Waals surface area contributed by atoms with Crippen molar-refractivity contribution in [1.29, 1.82) is 0 Å². The van der Waals surface area contributed by atoms with Crippen molar-refractivity contribution in [2.24, 2.45) is 0 Å². The summed E-state index contributed by atoms with van der Waals surface area (Å²) in [7, 11) is 0. The van der Waals surface area contributed by atoms with Crippen molar-refractivity contribution in [1.82, 2.24) is 24.7 Å². The second kappa shape index (κ2) is 7.58. The maximum Gasteiger partial charge on any atom is 0.200 e. The van der Waals surface area contributed by atoms with Crippen LogP contribution < -0.4 is 5.32 Å². The van der Waals surface area contributed by atoms with E-state index in [0.717, 1.165) is 68.4 Å². The van der Waals surface area contributed by atoms with Gasteiger partial charge in [0.1, 0.15) is 6.33 Å². The van der Waals surface area contributed by atoms with Gasteiger partial charge in [0.15, 0.2) is 0 Å². The van der Waals surface area contributed by atoms with Crippen LogP contribution in [0.15, 0.2) is 42.7 Å². The highest BCUT2D eigenvalue weighted by Crippen LogP contribution is 2.22. The SMILES string of the molecule is c1ccc(-c2cc(NCCCN3CCOCC3)c3nncn3n2)cc1. The molecule has 0 aliphatic carbocycles. The molecule has 1 aliphatic rings. The molecule has 7 nitrogen and oxygen atoms in total. The summed E-state index contributed by atoms with van der Waals surface area (Å²) in [6.45, 7) is 5.72. The molecule has 0 spiro atoms. The predicted octanol–water partition coefficient (Wildman–Crippen LogP) is 1.93. The maximum absolute atomic E-state index is 5.39. The van der Waals surface area contributed by atoms with E-state index in [2.05, 4.69) is 37.6 Å². The van der Waals surface area contributed by atoms with Gasteiger partial charge in [-0.25, -0.2) is 0 Å². The predicted molar refractivity (Wildman–Crippen MR) is 96.6 cm³/mol. The summed E-state index contributed by atoms with van der Waals surface area (Å²) < 4.78 is 7.12. The monoisotopic (exact) mass is 338 g/mol. The van der Waals surface area contributed by atoms with E-state index in [-0.39, 0.29) is 0 Å². The van der Waals surface area contributed by atoms with Crippen LogP contribution in [0.3, 0.4) is 0 Å². The number of hydrogen-bond donors (Lipinski definition) is 1. The number of anilines is 1. The summed E-state index contributed by atoms with van der Waals surface area (Å²) in [4.78, 5) is 2.44. The molecule has 7 heteroatoms. The fraction of sp³-hybridized carbons (Fsp3) is 0.389. The Morgan fingerprint density at radius 3 is 2.80 bits per heavy atom. The van der Waals surface area contributed by atoms with Crippen molar-refractivity contribution in [3.05, 3.63) is 42.7 Å². The van der Waals surface area contributed by atoms with Crippen LogP contribution in [-0.4, -0.2) is 64.1 Å². The van der Waals surface area contributed by atoms with Crippen molar-refractivity contribution >= 4 is 11.3 Å². The summed E-state index contributed by atoms with van der Waals surface area (Å²) in [6.07, 6.45) is 2.71. The lowest BCUT2D eigenvalue weighted by molar-refractivity contribution is 0.0378. The minimum absolute atomic E-state index is 0.756. The highest BCUT2D eigenvalue weighted by atomic mass is 16.5. The smallest absolute Gasteiger partial charge is 0.200 e. The van der Waals surface area contributed by atoms with Crippen LogP contribution in [0, 0.1) is 0 Å². The van der Waals surface area contributed by atoms with E-state index in [1.54, 1.807) is 10.8 Å². The Bertz CT molecular complexity index is 813. The molecule has 0 atom stereocenters. The Hall–Kier alpha value is -2.51. The second-order valence-corrected chi connectivity index (χ2v) is 6.14. The van der Waals surface area contributed by atoms with Crippen LogP contribution in [-0.2, 0) is 4.74 Å². The quantitative estimate of drug-likeness (QED) is 0.693. The summed E-state index contributed by atoms with van der Waals surface area (Å²) in [5.74, 6) is 0. The molecule has 1 saturated heterocycles. The first-order chi connectivity index (χ1) is 12.4. The minimum atomic E-state index is 0.756. The molecular weight excluding hydrogens is 316 g/mol. The van der Waals surface area contributed by atoms with Gasteiger partial charge in [-0.2, -0.15) is 9.61 Å². The zero-order valence-electron chi connectivity index (χ0n) is 14.1. The zero-order chi connectivity index (χ0) is 16.9. The third-order valence-corrected chi connectivity index (χ3v) is 4.41. The lowest BCUT2D eigenvalue weighted by Crippen LogP contribution is -2.37. The standard InChI is InChI=1S/C18H22N6O/c1-2-5-15(6-3-1)16-13-17(18-21-20-14-24(18)22-16)19-7-4-8-23-9-11-25-12-10-23/h1-3,5-6,13-14,19H,4,7-12H2. The van der Waals surface area contributed by atoms with Gasteiger partial charge >= 0.3 is 0 Å². The minimum Gasteiger partial charge on any atom is -0.382 e. The lowest BCUT2D eigenvalue weighted by atomic mass is 10.1. The topological polar surface area (TPSA) is 67.6 Å². The number of hydrogen-bond acceptors (Lipinski definition) is 6. The first kappa shape index (κ1) is 16.0. The van der Waals surface area contributed by atoms with Crippen LogP contribution in [0.1, 0.15) is 6.42 Å². The van der Waals surface area contributed by atoms with Gasteiger partial charge in [-0.3, -0.25) is 4.90 Å². The molecule has 25 heavy (non-hydrogen) atoms. The molecule has 130 valence electrons. The third kappa shape index (κ3) is 3.78. The van der Waals surface area contributed by atoms with Crippen LogP contribution in [0.4, 0.5) is 5.69 Å². The average molecular weight is 338 g/mol. The molecule has 4 rings (SSSR count). The van der Waals surface area contributed by atoms with Gasteiger partial charge in [0, 0.05) is 25.2 Å². The Balaban J connectivity index is 1.45. The molecule has 0 bridgehead atoms. The van der Waals surface area contributed by atoms with Crippen LogP contribution in [0.25, 0.3) is 16.9 Å². The molecule has 0 unspecified atom stereocenters. The van der Waals surface area contributed by atoms with E-state index in [1.807, 2.05) is 24.3 Å². The van der Waals surface area contributed by atoms with Gasteiger partial charge in [0.2, 0.25) is 5.65 Å². The van der Waals surface area contributed by atoms with Crippen molar-refractivity contribution in [3.63, 3.8) is 0 Å². The number of ether oxygens (including phenoxy) is 1. The molecular formula is C18H22N6O. The number of nitrogens with one attached hydrogen (secondary N) is 1. The highest BCUT2D eigenvalue weighted by molar-refractivity contribution is 5.73. The molecule has 3 aromatic rings. The molecule has 2 aromatic heterocycles. The highest BCUT2D eigenvalue weighted by Gasteiger charge is 2.11. The van der Waals surface area contributed by atoms with Crippen molar-refractivity contribution < 1.29 is 4.74 Å². The molecule has 1 N–H and O–H groups in total. The third-order valence-electron chi connectivity index (χ3n) is 4.41. The van der Waals surface area contributed by atoms with Gasteiger partial charge in [0.05, 0.1) is 24.6 Å². The van der Waals surface area contributed by atoms with Gasteiger partial charge in [-0.05, 0) is 19.0 Å². The fourth-order valence-electron chi connectivity index (χ4n) is 3.06. The summed E-state index contributed by atoms with van der Waals surface area (Å²) in [6, 6.07) is 12.2. The first-order valence-electron chi connectivity index (χ1n) is 8.70. The molecule has 3 heterocycles. The van der Waals surface area contributed by atoms with E-state index >= 15 is 0 Å². The Morgan fingerprint density at radius 1 is 1.12 bits per heavy atom. The summed E-state index contributed by atoms with van der Waals surface area (Å²) in [5, 5.41) is 16.3. The summed E-state index contributed by atoms with van der Waals surface area (Å²) >= 11 is 0. The van der Waals surface area contributed by atoms with E-state index < -0.39 is 0 Å². The fourth-order valence-corrected chi connectivity index (χ4v) is 3.06. The number of fused-ring (bicyclic) bond motifs is 1. The molecule has 1 fully saturated rings. The van der Waals surface area contributed by atoms with Crippen LogP contribution >= 0.6 is 0 Å². The number of rotatable bonds is 6. The largest absolute Gasteiger partial charge is 0.382 e. The first-order valence-corrected chi connectivity index (χ1v) is 8.70. The van der Waals surface area contributed by atoms with Crippen LogP contribution in [0.5, 0.6) is 0 Å². The Labute approximate surface area is 146 Å².